The van der Waals surface area contributed by atoms with Crippen molar-refractivity contribution >= 4 is 0 Å². The van der Waals surface area contributed by atoms with Crippen LogP contribution in [-0.2, 0) is 19.4 Å². The van der Waals surface area contributed by atoms with Crippen molar-refractivity contribution in [2.75, 3.05) is 0 Å². The van der Waals surface area contributed by atoms with E-state index >= 15 is 0 Å². The molecular formula is C14H17N2. The van der Waals surface area contributed by atoms with Crippen molar-refractivity contribution in [1.82, 2.24) is 9.78 Å². The van der Waals surface area contributed by atoms with Crippen molar-refractivity contribution in [3.63, 3.8) is 0 Å². The van der Waals surface area contributed by atoms with Crippen molar-refractivity contribution in [1.29, 1.82) is 0 Å². The second-order valence-electron chi connectivity index (χ2n) is 3.88. The number of aryl methyl sites for hydroxylation is 3. The Bertz CT molecular complexity index is 417. The molecule has 2 heteroatoms. The summed E-state index contributed by atoms with van der Waals surface area (Å²) in [7, 11) is 0. The van der Waals surface area contributed by atoms with Crippen LogP contribution in [0.5, 0.6) is 0 Å². The fraction of sp³-hybridized carbons (Fsp3) is 0.286. The third-order valence-electron chi connectivity index (χ3n) is 2.69. The predicted octanol–water partition coefficient (Wildman–Crippen LogP) is 2.89. The quantitative estimate of drug-likeness (QED) is 0.746. The highest BCUT2D eigenvalue weighted by Gasteiger charge is 2.01. The molecule has 0 saturated heterocycles. The summed E-state index contributed by atoms with van der Waals surface area (Å²) in [6.07, 6.45) is 4.84. The zero-order chi connectivity index (χ0) is 11.2. The van der Waals surface area contributed by atoms with E-state index < -0.39 is 0 Å². The first kappa shape index (κ1) is 10.9. The lowest BCUT2D eigenvalue weighted by Gasteiger charge is -2.06. The van der Waals surface area contributed by atoms with Gasteiger partial charge in [-0.25, -0.2) is 0 Å². The lowest BCUT2D eigenvalue weighted by molar-refractivity contribution is 0.583. The average Bonchev–Trinajstić information content (AvgIpc) is 2.76. The predicted molar refractivity (Wildman–Crippen MR) is 66.1 cm³/mol. The molecule has 0 N–H and O–H groups in total. The minimum Gasteiger partial charge on any atom is -0.269 e. The first-order chi connectivity index (χ1) is 7.90. The van der Waals surface area contributed by atoms with E-state index in [1.807, 2.05) is 12.3 Å². The Labute approximate surface area is 96.9 Å². The van der Waals surface area contributed by atoms with Gasteiger partial charge in [-0.15, -0.1) is 0 Å². The van der Waals surface area contributed by atoms with E-state index in [9.17, 15) is 0 Å². The molecule has 1 heterocycles. The lowest BCUT2D eigenvalue weighted by atomic mass is 10.1. The molecule has 0 amide bonds. The highest BCUT2D eigenvalue weighted by atomic mass is 15.3. The third-order valence-corrected chi connectivity index (χ3v) is 2.69. The SMILES string of the molecule is [CH2]CCc1ccnn1CCc1ccccc1. The van der Waals surface area contributed by atoms with Crippen molar-refractivity contribution in [3.8, 4) is 0 Å². The number of aromatic nitrogens is 2. The summed E-state index contributed by atoms with van der Waals surface area (Å²) in [5.74, 6) is 0. The second kappa shape index (κ2) is 5.50. The van der Waals surface area contributed by atoms with Crippen molar-refractivity contribution < 1.29 is 0 Å². The molecular weight excluding hydrogens is 196 g/mol. The van der Waals surface area contributed by atoms with Gasteiger partial charge in [0.1, 0.15) is 0 Å². The standard InChI is InChI=1S/C14H17N2/c1-2-6-14-9-11-15-16(14)12-10-13-7-4-3-5-8-13/h3-5,7-9,11H,1-2,6,10,12H2. The molecule has 2 rings (SSSR count). The second-order valence-corrected chi connectivity index (χ2v) is 3.88. The van der Waals surface area contributed by atoms with Gasteiger partial charge in [-0.3, -0.25) is 4.68 Å². The highest BCUT2D eigenvalue weighted by molar-refractivity contribution is 5.14. The van der Waals surface area contributed by atoms with E-state index in [1.165, 1.54) is 11.3 Å². The fourth-order valence-corrected chi connectivity index (χ4v) is 1.83. The number of nitrogens with zero attached hydrogens (tertiary/aromatic N) is 2. The Kier molecular flexibility index (Phi) is 3.76. The zero-order valence-electron chi connectivity index (χ0n) is 9.47. The van der Waals surface area contributed by atoms with Crippen LogP contribution in [-0.4, -0.2) is 9.78 Å². The normalized spacial score (nSPS) is 10.6. The Morgan fingerprint density at radius 2 is 1.88 bits per heavy atom. The van der Waals surface area contributed by atoms with Crippen LogP contribution < -0.4 is 0 Å². The van der Waals surface area contributed by atoms with Crippen LogP contribution in [0.15, 0.2) is 42.6 Å². The molecule has 2 aromatic rings. The molecule has 0 bridgehead atoms. The first-order valence-electron chi connectivity index (χ1n) is 5.74. The topological polar surface area (TPSA) is 17.8 Å². The van der Waals surface area contributed by atoms with E-state index in [2.05, 4.69) is 47.0 Å². The Balaban J connectivity index is 1.97. The fourth-order valence-electron chi connectivity index (χ4n) is 1.83. The maximum absolute atomic E-state index is 4.34. The van der Waals surface area contributed by atoms with Crippen molar-refractivity contribution in [2.45, 2.75) is 25.8 Å². The summed E-state index contributed by atoms with van der Waals surface area (Å²) in [6, 6.07) is 12.6. The van der Waals surface area contributed by atoms with Gasteiger partial charge in [-0.2, -0.15) is 5.10 Å². The van der Waals surface area contributed by atoms with E-state index in [4.69, 9.17) is 0 Å². The molecule has 0 fully saturated rings. The number of hydrogen-bond donors (Lipinski definition) is 0. The molecule has 0 aliphatic carbocycles. The molecule has 0 atom stereocenters. The lowest BCUT2D eigenvalue weighted by Crippen LogP contribution is -2.07. The smallest absolute Gasteiger partial charge is 0.0492 e. The van der Waals surface area contributed by atoms with Gasteiger partial charge in [0.2, 0.25) is 0 Å². The van der Waals surface area contributed by atoms with E-state index in [-0.39, 0.29) is 0 Å². The van der Waals surface area contributed by atoms with Gasteiger partial charge < -0.3 is 0 Å². The molecule has 0 aliphatic rings. The van der Waals surface area contributed by atoms with Gasteiger partial charge in [0.25, 0.3) is 0 Å². The largest absolute Gasteiger partial charge is 0.269 e. The van der Waals surface area contributed by atoms with Gasteiger partial charge in [-0.05, 0) is 30.9 Å². The molecule has 16 heavy (non-hydrogen) atoms. The van der Waals surface area contributed by atoms with Crippen LogP contribution in [0.3, 0.4) is 0 Å². The first-order valence-corrected chi connectivity index (χ1v) is 5.74. The Morgan fingerprint density at radius 3 is 2.62 bits per heavy atom. The maximum Gasteiger partial charge on any atom is 0.0492 e. The van der Waals surface area contributed by atoms with Crippen LogP contribution >= 0.6 is 0 Å². The van der Waals surface area contributed by atoms with Gasteiger partial charge >= 0.3 is 0 Å². The van der Waals surface area contributed by atoms with Gasteiger partial charge in [-0.1, -0.05) is 37.3 Å². The summed E-state index contributed by atoms with van der Waals surface area (Å²) in [6.45, 7) is 4.83. The van der Waals surface area contributed by atoms with Crippen molar-refractivity contribution in [3.05, 3.63) is 60.8 Å². The molecule has 83 valence electrons. The molecule has 1 aromatic heterocycles. The highest BCUT2D eigenvalue weighted by Crippen LogP contribution is 2.06. The number of hydrogen-bond acceptors (Lipinski definition) is 1. The molecule has 2 nitrogen and oxygen atoms in total. The maximum atomic E-state index is 4.34. The third kappa shape index (κ3) is 2.72. The summed E-state index contributed by atoms with van der Waals surface area (Å²) in [4.78, 5) is 0. The number of rotatable bonds is 5. The molecule has 0 aliphatic heterocycles. The molecule has 0 spiro atoms. The molecule has 0 unspecified atom stereocenters. The molecule has 1 aromatic carbocycles. The zero-order valence-corrected chi connectivity index (χ0v) is 9.47. The van der Waals surface area contributed by atoms with Gasteiger partial charge in [0.15, 0.2) is 0 Å². The Hall–Kier alpha value is -1.57. The van der Waals surface area contributed by atoms with E-state index in [1.54, 1.807) is 0 Å². The number of benzene rings is 1. The monoisotopic (exact) mass is 213 g/mol. The van der Waals surface area contributed by atoms with Crippen LogP contribution in [0.1, 0.15) is 17.7 Å². The molecule has 0 saturated carbocycles. The summed E-state index contributed by atoms with van der Waals surface area (Å²) in [5.41, 5.74) is 2.64. The van der Waals surface area contributed by atoms with Crippen LogP contribution in [0.2, 0.25) is 0 Å². The van der Waals surface area contributed by atoms with Gasteiger partial charge in [0, 0.05) is 18.4 Å². The summed E-state index contributed by atoms with van der Waals surface area (Å²) < 4.78 is 2.08. The molecule has 1 radical (unpaired) electrons. The van der Waals surface area contributed by atoms with Gasteiger partial charge in [0.05, 0.1) is 0 Å². The summed E-state index contributed by atoms with van der Waals surface area (Å²) >= 11 is 0. The Morgan fingerprint density at radius 1 is 1.06 bits per heavy atom. The van der Waals surface area contributed by atoms with Crippen LogP contribution in [0, 0.1) is 6.92 Å². The average molecular weight is 213 g/mol. The summed E-state index contributed by atoms with van der Waals surface area (Å²) in [5, 5.41) is 4.34. The van der Waals surface area contributed by atoms with E-state index in [0.717, 1.165) is 25.8 Å². The van der Waals surface area contributed by atoms with Crippen LogP contribution in [0.4, 0.5) is 0 Å². The van der Waals surface area contributed by atoms with E-state index in [0.29, 0.717) is 0 Å². The minimum atomic E-state index is 0.928. The van der Waals surface area contributed by atoms with Crippen LogP contribution in [0.25, 0.3) is 0 Å². The van der Waals surface area contributed by atoms with Crippen molar-refractivity contribution in [2.24, 2.45) is 0 Å². The minimum absolute atomic E-state index is 0.928.